The first-order valence-electron chi connectivity index (χ1n) is 7.40. The SMILES string of the molecule is Cc1ccccc1C1=C(O)c2sc(C3CC3)nc2N(C)S1(=O)=O. The van der Waals surface area contributed by atoms with Gasteiger partial charge >= 0.3 is 0 Å². The molecule has 1 aromatic heterocycles. The average Bonchev–Trinajstić information content (AvgIpc) is 3.26. The van der Waals surface area contributed by atoms with E-state index < -0.39 is 10.0 Å². The number of hydrogen-bond donors (Lipinski definition) is 1. The molecule has 0 radical (unpaired) electrons. The molecule has 1 saturated carbocycles. The molecular formula is C16H16N2O3S2. The van der Waals surface area contributed by atoms with E-state index in [2.05, 4.69) is 4.98 Å². The molecule has 1 aromatic carbocycles. The van der Waals surface area contributed by atoms with Gasteiger partial charge in [-0.25, -0.2) is 13.4 Å². The van der Waals surface area contributed by atoms with E-state index in [1.165, 1.54) is 22.7 Å². The van der Waals surface area contributed by atoms with Crippen LogP contribution in [0.4, 0.5) is 5.82 Å². The highest BCUT2D eigenvalue weighted by molar-refractivity contribution is 8.02. The highest BCUT2D eigenvalue weighted by Crippen LogP contribution is 2.49. The van der Waals surface area contributed by atoms with Crippen LogP contribution in [0.25, 0.3) is 10.7 Å². The van der Waals surface area contributed by atoms with Gasteiger partial charge in [0.2, 0.25) is 0 Å². The van der Waals surface area contributed by atoms with Crippen LogP contribution in [0.5, 0.6) is 0 Å². The maximum atomic E-state index is 12.9. The van der Waals surface area contributed by atoms with Crippen molar-refractivity contribution in [1.29, 1.82) is 0 Å². The Morgan fingerprint density at radius 1 is 1.30 bits per heavy atom. The molecule has 0 spiro atoms. The molecular weight excluding hydrogens is 332 g/mol. The second-order valence-electron chi connectivity index (χ2n) is 5.94. The largest absolute Gasteiger partial charge is 0.505 e. The Morgan fingerprint density at radius 2 is 2.00 bits per heavy atom. The van der Waals surface area contributed by atoms with Crippen LogP contribution in [0, 0.1) is 6.92 Å². The first kappa shape index (κ1) is 14.7. The van der Waals surface area contributed by atoms with Crippen molar-refractivity contribution in [1.82, 2.24) is 4.98 Å². The Kier molecular flexibility index (Phi) is 3.08. The first-order valence-corrected chi connectivity index (χ1v) is 9.66. The smallest absolute Gasteiger partial charge is 0.269 e. The summed E-state index contributed by atoms with van der Waals surface area (Å²) in [5.74, 6) is 0.569. The number of rotatable bonds is 2. The van der Waals surface area contributed by atoms with Crippen LogP contribution in [-0.4, -0.2) is 25.6 Å². The Labute approximate surface area is 139 Å². The lowest BCUT2D eigenvalue weighted by atomic mass is 10.1. The predicted molar refractivity (Wildman–Crippen MR) is 92.0 cm³/mol. The number of anilines is 1. The fraction of sp³-hybridized carbons (Fsp3) is 0.312. The number of thiazole rings is 1. The molecule has 2 aliphatic rings. The lowest BCUT2D eigenvalue weighted by Crippen LogP contribution is -2.31. The standard InChI is InChI=1S/C16H16N2O3S2/c1-9-5-3-4-6-11(9)14-12(19)13-15(18(2)23(14,20)21)17-16(22-13)10-7-8-10/h3-6,10,19H,7-8H2,1-2H3. The fourth-order valence-corrected chi connectivity index (χ4v) is 5.60. The van der Waals surface area contributed by atoms with Crippen molar-refractivity contribution in [3.05, 3.63) is 45.3 Å². The maximum Gasteiger partial charge on any atom is 0.269 e. The van der Waals surface area contributed by atoms with Gasteiger partial charge in [0.1, 0.15) is 9.78 Å². The number of aromatic nitrogens is 1. The van der Waals surface area contributed by atoms with E-state index in [0.717, 1.165) is 23.4 Å². The second-order valence-corrected chi connectivity index (χ2v) is 8.88. The molecule has 2 aromatic rings. The summed E-state index contributed by atoms with van der Waals surface area (Å²) in [4.78, 5) is 4.97. The third-order valence-corrected chi connectivity index (χ3v) is 7.33. The van der Waals surface area contributed by atoms with Crippen LogP contribution in [0.2, 0.25) is 0 Å². The molecule has 1 aliphatic heterocycles. The van der Waals surface area contributed by atoms with Crippen molar-refractivity contribution in [3.63, 3.8) is 0 Å². The number of benzene rings is 1. The summed E-state index contributed by atoms with van der Waals surface area (Å²) in [6.07, 6.45) is 2.16. The van der Waals surface area contributed by atoms with Crippen molar-refractivity contribution in [2.24, 2.45) is 0 Å². The van der Waals surface area contributed by atoms with Gasteiger partial charge in [-0.3, -0.25) is 4.31 Å². The minimum absolute atomic E-state index is 0.0309. The minimum atomic E-state index is -3.83. The Balaban J connectivity index is 2.00. The van der Waals surface area contributed by atoms with Gasteiger partial charge in [-0.05, 0) is 25.3 Å². The monoisotopic (exact) mass is 348 g/mol. The molecule has 2 heterocycles. The van der Waals surface area contributed by atoms with E-state index in [1.54, 1.807) is 12.1 Å². The van der Waals surface area contributed by atoms with Crippen molar-refractivity contribution in [2.45, 2.75) is 25.7 Å². The first-order chi connectivity index (χ1) is 10.9. The number of hydrogen-bond acceptors (Lipinski definition) is 5. The summed E-state index contributed by atoms with van der Waals surface area (Å²) in [7, 11) is -2.33. The molecule has 4 rings (SSSR count). The van der Waals surface area contributed by atoms with Crippen LogP contribution in [-0.2, 0) is 10.0 Å². The van der Waals surface area contributed by atoms with Gasteiger partial charge in [-0.1, -0.05) is 24.3 Å². The lowest BCUT2D eigenvalue weighted by Gasteiger charge is -2.26. The zero-order valence-electron chi connectivity index (χ0n) is 12.8. The van der Waals surface area contributed by atoms with Crippen LogP contribution in [0.3, 0.4) is 0 Å². The summed E-state index contributed by atoms with van der Waals surface area (Å²) in [5.41, 5.74) is 1.34. The lowest BCUT2D eigenvalue weighted by molar-refractivity contribution is 0.515. The van der Waals surface area contributed by atoms with Crippen LogP contribution in [0.1, 0.15) is 39.8 Å². The summed E-state index contributed by atoms with van der Waals surface area (Å²) < 4.78 is 27.0. The van der Waals surface area contributed by atoms with Crippen molar-refractivity contribution >= 4 is 37.8 Å². The molecule has 120 valence electrons. The molecule has 1 aliphatic carbocycles. The highest BCUT2D eigenvalue weighted by atomic mass is 32.2. The quantitative estimate of drug-likeness (QED) is 0.902. The average molecular weight is 348 g/mol. The number of fused-ring (bicyclic) bond motifs is 1. The fourth-order valence-electron chi connectivity index (χ4n) is 2.77. The Bertz CT molecular complexity index is 940. The molecule has 1 fully saturated rings. The molecule has 0 atom stereocenters. The van der Waals surface area contributed by atoms with E-state index in [-0.39, 0.29) is 10.7 Å². The van der Waals surface area contributed by atoms with Gasteiger partial charge in [-0.2, -0.15) is 0 Å². The summed E-state index contributed by atoms with van der Waals surface area (Å²) in [6, 6.07) is 7.18. The van der Waals surface area contributed by atoms with E-state index >= 15 is 0 Å². The van der Waals surface area contributed by atoms with E-state index in [9.17, 15) is 13.5 Å². The summed E-state index contributed by atoms with van der Waals surface area (Å²) >= 11 is 1.40. The highest BCUT2D eigenvalue weighted by Gasteiger charge is 2.41. The normalized spacial score (nSPS) is 19.8. The van der Waals surface area contributed by atoms with Crippen molar-refractivity contribution in [2.75, 3.05) is 11.4 Å². The zero-order valence-corrected chi connectivity index (χ0v) is 14.4. The third-order valence-electron chi connectivity index (χ3n) is 4.29. The van der Waals surface area contributed by atoms with Crippen molar-refractivity contribution < 1.29 is 13.5 Å². The maximum absolute atomic E-state index is 12.9. The van der Waals surface area contributed by atoms with Gasteiger partial charge < -0.3 is 5.11 Å². The predicted octanol–water partition coefficient (Wildman–Crippen LogP) is 3.49. The number of nitrogens with zero attached hydrogens (tertiary/aromatic N) is 2. The van der Waals surface area contributed by atoms with Crippen LogP contribution >= 0.6 is 11.3 Å². The topological polar surface area (TPSA) is 70.5 Å². The van der Waals surface area contributed by atoms with Gasteiger partial charge in [0.15, 0.2) is 11.6 Å². The van der Waals surface area contributed by atoms with E-state index in [4.69, 9.17) is 0 Å². The number of aliphatic hydroxyl groups is 1. The second kappa shape index (κ2) is 4.82. The minimum Gasteiger partial charge on any atom is -0.505 e. The number of aryl methyl sites for hydroxylation is 1. The third kappa shape index (κ3) is 2.10. The van der Waals surface area contributed by atoms with Crippen molar-refractivity contribution in [3.8, 4) is 0 Å². The number of sulfonamides is 1. The van der Waals surface area contributed by atoms with Crippen LogP contribution < -0.4 is 4.31 Å². The van der Waals surface area contributed by atoms with Gasteiger partial charge in [0.05, 0.1) is 5.01 Å². The van der Waals surface area contributed by atoms with Crippen LogP contribution in [0.15, 0.2) is 24.3 Å². The van der Waals surface area contributed by atoms with E-state index in [0.29, 0.717) is 22.2 Å². The molecule has 0 bridgehead atoms. The molecule has 0 amide bonds. The Hall–Kier alpha value is -1.86. The molecule has 1 N–H and O–H groups in total. The Morgan fingerprint density at radius 3 is 2.65 bits per heavy atom. The molecule has 0 saturated heterocycles. The van der Waals surface area contributed by atoms with E-state index in [1.807, 2.05) is 19.1 Å². The van der Waals surface area contributed by atoms with Gasteiger partial charge in [0.25, 0.3) is 10.0 Å². The molecule has 23 heavy (non-hydrogen) atoms. The summed E-state index contributed by atoms with van der Waals surface area (Å²) in [5, 5.41) is 11.6. The van der Waals surface area contributed by atoms with Gasteiger partial charge in [-0.15, -0.1) is 11.3 Å². The zero-order chi connectivity index (χ0) is 16.4. The summed E-state index contributed by atoms with van der Waals surface area (Å²) in [6.45, 7) is 1.84. The number of aliphatic hydroxyl groups excluding tert-OH is 1. The van der Waals surface area contributed by atoms with Gasteiger partial charge in [0, 0.05) is 18.5 Å². The molecule has 0 unspecified atom stereocenters. The molecule has 7 heteroatoms. The molecule has 5 nitrogen and oxygen atoms in total.